The highest BCUT2D eigenvalue weighted by Crippen LogP contribution is 2.17. The van der Waals surface area contributed by atoms with Gasteiger partial charge in [-0.2, -0.15) is 0 Å². The first kappa shape index (κ1) is 34.6. The molecule has 2 aromatic carbocycles. The Morgan fingerprint density at radius 1 is 0.689 bits per heavy atom. The summed E-state index contributed by atoms with van der Waals surface area (Å²) in [6.07, 6.45) is 3.66. The summed E-state index contributed by atoms with van der Waals surface area (Å²) in [6, 6.07) is 11.0. The lowest BCUT2D eigenvalue weighted by Crippen LogP contribution is -2.57. The van der Waals surface area contributed by atoms with Crippen molar-refractivity contribution in [1.82, 2.24) is 21.3 Å². The lowest BCUT2D eigenvalue weighted by atomic mass is 10.00. The molecule has 1 fully saturated rings. The zero-order valence-corrected chi connectivity index (χ0v) is 25.6. The second-order valence-corrected chi connectivity index (χ2v) is 11.1. The summed E-state index contributed by atoms with van der Waals surface area (Å²) >= 11 is 0. The maximum Gasteiger partial charge on any atom is 0.243 e. The van der Waals surface area contributed by atoms with Crippen molar-refractivity contribution in [2.75, 3.05) is 19.6 Å². The number of aliphatic imine (C=N–C) groups is 2. The molecule has 0 aliphatic carbocycles. The summed E-state index contributed by atoms with van der Waals surface area (Å²) in [5.74, 6) is -1.83. The number of nitrogens with two attached hydrogens (primary N) is 4. The molecule has 0 aromatic heterocycles. The molecule has 0 bridgehead atoms. The van der Waals surface area contributed by atoms with Gasteiger partial charge in [0.25, 0.3) is 0 Å². The average molecular weight is 623 g/mol. The second kappa shape index (κ2) is 18.0. The molecule has 45 heavy (non-hydrogen) atoms. The van der Waals surface area contributed by atoms with E-state index in [2.05, 4.69) is 31.3 Å². The van der Waals surface area contributed by atoms with Crippen molar-refractivity contribution >= 4 is 46.3 Å². The zero-order chi connectivity index (χ0) is 32.6. The number of hydrogen-bond donors (Lipinski definition) is 8. The predicted molar refractivity (Wildman–Crippen MR) is 175 cm³/mol. The van der Waals surface area contributed by atoms with Gasteiger partial charge in [-0.3, -0.25) is 29.2 Å². The van der Waals surface area contributed by atoms with E-state index < -0.39 is 29.9 Å². The van der Waals surface area contributed by atoms with Gasteiger partial charge in [0.05, 0.1) is 0 Å². The SMILES string of the molecule is NC(N)=NCCC[C@@H]1NC(=O)[C@@H](CCCN=C(N)N)NC(=O)CCCCCNC(=O)[C@H](Cc2ccc3ccccc3c2)NC1=O. The summed E-state index contributed by atoms with van der Waals surface area (Å²) < 4.78 is 0. The summed E-state index contributed by atoms with van der Waals surface area (Å²) in [5.41, 5.74) is 22.6. The average Bonchev–Trinajstić information content (AvgIpc) is 3.00. The lowest BCUT2D eigenvalue weighted by molar-refractivity contribution is -0.134. The van der Waals surface area contributed by atoms with Gasteiger partial charge < -0.3 is 44.2 Å². The molecule has 2 aromatic rings. The van der Waals surface area contributed by atoms with Crippen LogP contribution in [-0.4, -0.2) is 73.3 Å². The molecule has 1 heterocycles. The number of fused-ring (bicyclic) bond motifs is 1. The number of carbonyl (C=O) groups is 4. The van der Waals surface area contributed by atoms with Crippen molar-refractivity contribution in [3.8, 4) is 0 Å². The van der Waals surface area contributed by atoms with E-state index in [0.29, 0.717) is 38.6 Å². The normalized spacial score (nSPS) is 20.3. The maximum absolute atomic E-state index is 13.7. The maximum atomic E-state index is 13.7. The molecule has 1 saturated heterocycles. The molecule has 0 unspecified atom stereocenters. The quantitative estimate of drug-likeness (QED) is 0.0985. The molecule has 3 atom stereocenters. The Balaban J connectivity index is 1.85. The van der Waals surface area contributed by atoms with Crippen LogP contribution in [0.3, 0.4) is 0 Å². The number of guanidine groups is 2. The molecular formula is C31H46N10O4. The van der Waals surface area contributed by atoms with Crippen LogP contribution in [0.5, 0.6) is 0 Å². The number of hydrogen-bond acceptors (Lipinski definition) is 6. The zero-order valence-electron chi connectivity index (χ0n) is 25.6. The predicted octanol–water partition coefficient (Wildman–Crippen LogP) is -0.366. The molecule has 0 spiro atoms. The van der Waals surface area contributed by atoms with Gasteiger partial charge >= 0.3 is 0 Å². The number of benzene rings is 2. The van der Waals surface area contributed by atoms with Crippen molar-refractivity contribution in [1.29, 1.82) is 0 Å². The Kier molecular flexibility index (Phi) is 13.9. The third kappa shape index (κ3) is 12.3. The van der Waals surface area contributed by atoms with Crippen molar-refractivity contribution < 1.29 is 19.2 Å². The highest BCUT2D eigenvalue weighted by Gasteiger charge is 2.30. The summed E-state index contributed by atoms with van der Waals surface area (Å²) in [7, 11) is 0. The van der Waals surface area contributed by atoms with Crippen molar-refractivity contribution in [2.24, 2.45) is 32.9 Å². The van der Waals surface area contributed by atoms with Crippen LogP contribution in [0.1, 0.15) is 56.9 Å². The lowest BCUT2D eigenvalue weighted by Gasteiger charge is -2.26. The van der Waals surface area contributed by atoms with Crippen LogP contribution in [0, 0.1) is 0 Å². The third-order valence-electron chi connectivity index (χ3n) is 7.44. The fraction of sp³-hybridized carbons (Fsp3) is 0.484. The van der Waals surface area contributed by atoms with Crippen LogP contribution >= 0.6 is 0 Å². The van der Waals surface area contributed by atoms with Gasteiger partial charge in [0.15, 0.2) is 11.9 Å². The minimum absolute atomic E-state index is 0.0683. The Labute approximate surface area is 263 Å². The third-order valence-corrected chi connectivity index (χ3v) is 7.44. The summed E-state index contributed by atoms with van der Waals surface area (Å²) in [4.78, 5) is 61.2. The van der Waals surface area contributed by atoms with Crippen LogP contribution in [-0.2, 0) is 25.6 Å². The first-order chi connectivity index (χ1) is 21.6. The number of rotatable bonds is 10. The highest BCUT2D eigenvalue weighted by molar-refractivity contribution is 5.94. The molecule has 3 rings (SSSR count). The fourth-order valence-electron chi connectivity index (χ4n) is 5.09. The minimum atomic E-state index is -1.02. The summed E-state index contributed by atoms with van der Waals surface area (Å²) in [6.45, 7) is 0.911. The van der Waals surface area contributed by atoms with Crippen molar-refractivity contribution in [3.63, 3.8) is 0 Å². The minimum Gasteiger partial charge on any atom is -0.370 e. The van der Waals surface area contributed by atoms with Gasteiger partial charge in [-0.25, -0.2) is 0 Å². The van der Waals surface area contributed by atoms with E-state index in [-0.39, 0.29) is 62.5 Å². The Hall–Kier alpha value is -4.88. The first-order valence-electron chi connectivity index (χ1n) is 15.4. The number of nitrogens with zero attached hydrogens (tertiary/aromatic N) is 2. The van der Waals surface area contributed by atoms with Gasteiger partial charge in [-0.1, -0.05) is 48.9 Å². The molecule has 1 aliphatic rings. The standard InChI is InChI=1S/C31H46N10O4/c32-30(33)37-16-6-10-23-28(44)40-24(11-7-17-38-31(34)35)29(45)41-25(27(43)36-15-5-1-2-12-26(42)39-23)19-20-13-14-21-8-3-4-9-22(21)18-20/h3-4,8-9,13-14,18,23-25H,1-2,5-7,10-12,15-17,19H2,(H,36,43)(H,39,42)(H,40,44)(H,41,45)(H4,32,33,37)(H4,34,35,38)/t23-,24+,25+/m1/s1. The topological polar surface area (TPSA) is 245 Å². The van der Waals surface area contributed by atoms with Gasteiger partial charge in [0.2, 0.25) is 23.6 Å². The highest BCUT2D eigenvalue weighted by atomic mass is 16.2. The van der Waals surface area contributed by atoms with E-state index in [0.717, 1.165) is 16.3 Å². The fourth-order valence-corrected chi connectivity index (χ4v) is 5.09. The van der Waals surface area contributed by atoms with Gasteiger partial charge in [0.1, 0.15) is 18.1 Å². The van der Waals surface area contributed by atoms with Crippen LogP contribution in [0.15, 0.2) is 52.4 Å². The van der Waals surface area contributed by atoms with Gasteiger partial charge in [-0.05, 0) is 54.9 Å². The van der Waals surface area contributed by atoms with Crippen LogP contribution < -0.4 is 44.2 Å². The molecule has 4 amide bonds. The molecular weight excluding hydrogens is 576 g/mol. The first-order valence-corrected chi connectivity index (χ1v) is 15.4. The van der Waals surface area contributed by atoms with Crippen molar-refractivity contribution in [2.45, 2.75) is 75.9 Å². The van der Waals surface area contributed by atoms with Crippen LogP contribution in [0.2, 0.25) is 0 Å². The molecule has 14 heteroatoms. The van der Waals surface area contributed by atoms with E-state index in [1.165, 1.54) is 0 Å². The van der Waals surface area contributed by atoms with E-state index in [1.807, 2.05) is 42.5 Å². The van der Waals surface area contributed by atoms with Crippen LogP contribution in [0.25, 0.3) is 10.8 Å². The molecule has 0 radical (unpaired) electrons. The molecule has 14 nitrogen and oxygen atoms in total. The number of carbonyl (C=O) groups excluding carboxylic acids is 4. The summed E-state index contributed by atoms with van der Waals surface area (Å²) in [5, 5.41) is 13.5. The van der Waals surface area contributed by atoms with E-state index >= 15 is 0 Å². The Morgan fingerprint density at radius 3 is 1.93 bits per heavy atom. The van der Waals surface area contributed by atoms with E-state index in [4.69, 9.17) is 22.9 Å². The van der Waals surface area contributed by atoms with E-state index in [9.17, 15) is 19.2 Å². The van der Waals surface area contributed by atoms with Crippen molar-refractivity contribution in [3.05, 3.63) is 48.0 Å². The smallest absolute Gasteiger partial charge is 0.243 e. The van der Waals surface area contributed by atoms with E-state index in [1.54, 1.807) is 0 Å². The Bertz CT molecular complexity index is 1370. The molecule has 1 aliphatic heterocycles. The monoisotopic (exact) mass is 622 g/mol. The molecule has 12 N–H and O–H groups in total. The molecule has 0 saturated carbocycles. The Morgan fingerprint density at radius 2 is 1.29 bits per heavy atom. The number of amides is 4. The largest absolute Gasteiger partial charge is 0.370 e. The number of nitrogens with one attached hydrogen (secondary N) is 4. The molecule has 244 valence electrons. The second-order valence-electron chi connectivity index (χ2n) is 11.1. The van der Waals surface area contributed by atoms with Crippen LogP contribution in [0.4, 0.5) is 0 Å². The van der Waals surface area contributed by atoms with Gasteiger partial charge in [0, 0.05) is 32.5 Å². The van der Waals surface area contributed by atoms with Gasteiger partial charge in [-0.15, -0.1) is 0 Å².